The van der Waals surface area contributed by atoms with Gasteiger partial charge in [0.15, 0.2) is 0 Å². The van der Waals surface area contributed by atoms with Crippen LogP contribution in [0.25, 0.3) is 10.9 Å². The molecule has 0 bridgehead atoms. The fourth-order valence-corrected chi connectivity index (χ4v) is 2.65. The molecule has 134 valence electrons. The summed E-state index contributed by atoms with van der Waals surface area (Å²) in [4.78, 5) is 31.2. The number of aryl methyl sites for hydroxylation is 1. The Morgan fingerprint density at radius 2 is 2.08 bits per heavy atom. The topological polar surface area (TPSA) is 84.1 Å². The summed E-state index contributed by atoms with van der Waals surface area (Å²) >= 11 is 0. The summed E-state index contributed by atoms with van der Waals surface area (Å²) in [6.45, 7) is 0. The number of methoxy groups -OCH3 is 1. The SMILES string of the molecule is COc1cc(F)ccc1NC(=O)CCCc1nc2ccccc2c(=O)[nH]1. The van der Waals surface area contributed by atoms with Crippen LogP contribution in [0.4, 0.5) is 10.1 Å². The largest absolute Gasteiger partial charge is 0.494 e. The highest BCUT2D eigenvalue weighted by Crippen LogP contribution is 2.25. The van der Waals surface area contributed by atoms with Crippen LogP contribution in [0.1, 0.15) is 18.7 Å². The molecule has 2 aromatic carbocycles. The molecule has 0 aliphatic heterocycles. The minimum atomic E-state index is -0.439. The number of ether oxygens (including phenoxy) is 1. The number of aromatic amines is 1. The Labute approximate surface area is 149 Å². The van der Waals surface area contributed by atoms with Crippen LogP contribution in [0.3, 0.4) is 0 Å². The van der Waals surface area contributed by atoms with E-state index in [-0.39, 0.29) is 23.6 Å². The molecule has 0 aliphatic carbocycles. The van der Waals surface area contributed by atoms with Crippen LogP contribution in [0, 0.1) is 5.82 Å². The Kier molecular flexibility index (Phi) is 5.26. The molecule has 1 amide bonds. The van der Waals surface area contributed by atoms with E-state index in [4.69, 9.17) is 4.74 Å². The van der Waals surface area contributed by atoms with E-state index in [1.54, 1.807) is 18.2 Å². The third-order valence-corrected chi connectivity index (χ3v) is 3.92. The number of hydrogen-bond acceptors (Lipinski definition) is 4. The first-order valence-corrected chi connectivity index (χ1v) is 8.18. The predicted molar refractivity (Wildman–Crippen MR) is 96.9 cm³/mol. The second-order valence-corrected chi connectivity index (χ2v) is 5.78. The number of H-pyrrole nitrogens is 1. The molecular weight excluding hydrogens is 337 g/mol. The number of nitrogens with zero attached hydrogens (tertiary/aromatic N) is 1. The summed E-state index contributed by atoms with van der Waals surface area (Å²) in [6, 6.07) is 11.0. The molecule has 7 heteroatoms. The van der Waals surface area contributed by atoms with E-state index in [0.717, 1.165) is 0 Å². The summed E-state index contributed by atoms with van der Waals surface area (Å²) in [5.74, 6) is 0.143. The second-order valence-electron chi connectivity index (χ2n) is 5.78. The molecule has 3 aromatic rings. The molecule has 0 saturated heterocycles. The molecule has 6 nitrogen and oxygen atoms in total. The number of amides is 1. The van der Waals surface area contributed by atoms with Gasteiger partial charge in [-0.3, -0.25) is 9.59 Å². The van der Waals surface area contributed by atoms with E-state index in [1.807, 2.05) is 6.07 Å². The number of halogens is 1. The number of fused-ring (bicyclic) bond motifs is 1. The Morgan fingerprint density at radius 1 is 1.27 bits per heavy atom. The number of hydrogen-bond donors (Lipinski definition) is 2. The van der Waals surface area contributed by atoms with Gasteiger partial charge in [-0.25, -0.2) is 9.37 Å². The first kappa shape index (κ1) is 17.6. The first-order chi connectivity index (χ1) is 12.6. The highest BCUT2D eigenvalue weighted by Gasteiger charge is 2.09. The Hall–Kier alpha value is -3.22. The lowest BCUT2D eigenvalue weighted by Crippen LogP contribution is -2.14. The van der Waals surface area contributed by atoms with Gasteiger partial charge in [0.2, 0.25) is 5.91 Å². The van der Waals surface area contributed by atoms with Crippen molar-refractivity contribution in [1.82, 2.24) is 9.97 Å². The Morgan fingerprint density at radius 3 is 2.88 bits per heavy atom. The summed E-state index contributed by atoms with van der Waals surface area (Å²) in [7, 11) is 1.41. The zero-order chi connectivity index (χ0) is 18.5. The number of para-hydroxylation sites is 1. The number of carbonyl (C=O) groups is 1. The van der Waals surface area contributed by atoms with Crippen molar-refractivity contribution in [2.45, 2.75) is 19.3 Å². The van der Waals surface area contributed by atoms with Crippen molar-refractivity contribution in [2.24, 2.45) is 0 Å². The highest BCUT2D eigenvalue weighted by atomic mass is 19.1. The average molecular weight is 355 g/mol. The molecule has 0 radical (unpaired) electrons. The van der Waals surface area contributed by atoms with Crippen LogP contribution < -0.4 is 15.6 Å². The zero-order valence-electron chi connectivity index (χ0n) is 14.2. The molecule has 1 aromatic heterocycles. The molecule has 0 aliphatic rings. The van der Waals surface area contributed by atoms with E-state index in [1.165, 1.54) is 25.3 Å². The average Bonchev–Trinajstić information content (AvgIpc) is 2.63. The van der Waals surface area contributed by atoms with E-state index in [9.17, 15) is 14.0 Å². The van der Waals surface area contributed by atoms with E-state index >= 15 is 0 Å². The quantitative estimate of drug-likeness (QED) is 0.712. The molecule has 2 N–H and O–H groups in total. The minimum absolute atomic E-state index is 0.189. The van der Waals surface area contributed by atoms with Crippen molar-refractivity contribution in [1.29, 1.82) is 0 Å². The molecule has 3 rings (SSSR count). The Balaban J connectivity index is 1.60. The van der Waals surface area contributed by atoms with Gasteiger partial charge in [0, 0.05) is 18.9 Å². The van der Waals surface area contributed by atoms with E-state index < -0.39 is 5.82 Å². The van der Waals surface area contributed by atoms with Crippen molar-refractivity contribution in [2.75, 3.05) is 12.4 Å². The number of benzene rings is 2. The lowest BCUT2D eigenvalue weighted by Gasteiger charge is -2.10. The summed E-state index contributed by atoms with van der Waals surface area (Å²) in [5.41, 5.74) is 0.856. The first-order valence-electron chi connectivity index (χ1n) is 8.18. The van der Waals surface area contributed by atoms with Gasteiger partial charge in [0.25, 0.3) is 5.56 Å². The van der Waals surface area contributed by atoms with E-state index in [2.05, 4.69) is 15.3 Å². The molecule has 0 atom stereocenters. The summed E-state index contributed by atoms with van der Waals surface area (Å²) in [6.07, 6.45) is 1.21. The molecule has 0 saturated carbocycles. The number of anilines is 1. The van der Waals surface area contributed by atoms with Gasteiger partial charge in [-0.1, -0.05) is 12.1 Å². The maximum atomic E-state index is 13.2. The molecule has 0 fully saturated rings. The van der Waals surface area contributed by atoms with Crippen molar-refractivity contribution in [3.63, 3.8) is 0 Å². The lowest BCUT2D eigenvalue weighted by molar-refractivity contribution is -0.116. The third-order valence-electron chi connectivity index (χ3n) is 3.92. The van der Waals surface area contributed by atoms with Gasteiger partial charge in [0.05, 0.1) is 23.7 Å². The van der Waals surface area contributed by atoms with Gasteiger partial charge in [-0.15, -0.1) is 0 Å². The molecule has 0 spiro atoms. The smallest absolute Gasteiger partial charge is 0.258 e. The molecular formula is C19H18FN3O3. The van der Waals surface area contributed by atoms with Crippen LogP contribution in [0.5, 0.6) is 5.75 Å². The van der Waals surface area contributed by atoms with Gasteiger partial charge in [-0.2, -0.15) is 0 Å². The molecule has 1 heterocycles. The van der Waals surface area contributed by atoms with Crippen molar-refractivity contribution in [3.05, 3.63) is 64.5 Å². The monoisotopic (exact) mass is 355 g/mol. The summed E-state index contributed by atoms with van der Waals surface area (Å²) < 4.78 is 18.2. The molecule has 0 unspecified atom stereocenters. The van der Waals surface area contributed by atoms with Crippen LogP contribution in [-0.2, 0) is 11.2 Å². The van der Waals surface area contributed by atoms with Gasteiger partial charge in [-0.05, 0) is 30.7 Å². The van der Waals surface area contributed by atoms with Crippen LogP contribution in [0.2, 0.25) is 0 Å². The zero-order valence-corrected chi connectivity index (χ0v) is 14.2. The summed E-state index contributed by atoms with van der Waals surface area (Å²) in [5, 5.41) is 3.23. The normalized spacial score (nSPS) is 10.7. The number of rotatable bonds is 6. The van der Waals surface area contributed by atoms with Crippen LogP contribution in [0.15, 0.2) is 47.3 Å². The van der Waals surface area contributed by atoms with Gasteiger partial charge >= 0.3 is 0 Å². The maximum Gasteiger partial charge on any atom is 0.258 e. The number of nitrogens with one attached hydrogen (secondary N) is 2. The number of carbonyl (C=O) groups excluding carboxylic acids is 1. The van der Waals surface area contributed by atoms with Crippen molar-refractivity contribution < 1.29 is 13.9 Å². The Bertz CT molecular complexity index is 1000. The maximum absolute atomic E-state index is 13.2. The van der Waals surface area contributed by atoms with Gasteiger partial charge < -0.3 is 15.0 Å². The van der Waals surface area contributed by atoms with Crippen molar-refractivity contribution in [3.8, 4) is 5.75 Å². The standard InChI is InChI=1S/C19H18FN3O3/c1-26-16-11-12(20)9-10-15(16)22-18(24)8-4-7-17-21-14-6-3-2-5-13(14)19(25)23-17/h2-3,5-6,9-11H,4,7-8H2,1H3,(H,22,24)(H,21,23,25). The molecule has 26 heavy (non-hydrogen) atoms. The van der Waals surface area contributed by atoms with Crippen LogP contribution >= 0.6 is 0 Å². The fraction of sp³-hybridized carbons (Fsp3) is 0.211. The van der Waals surface area contributed by atoms with E-state index in [0.29, 0.717) is 35.3 Å². The number of aromatic nitrogens is 2. The van der Waals surface area contributed by atoms with Gasteiger partial charge in [0.1, 0.15) is 17.4 Å². The van der Waals surface area contributed by atoms with Crippen LogP contribution in [-0.4, -0.2) is 23.0 Å². The second kappa shape index (κ2) is 7.77. The minimum Gasteiger partial charge on any atom is -0.494 e. The third kappa shape index (κ3) is 4.05. The lowest BCUT2D eigenvalue weighted by atomic mass is 10.2. The van der Waals surface area contributed by atoms with Crippen molar-refractivity contribution >= 4 is 22.5 Å². The fourth-order valence-electron chi connectivity index (χ4n) is 2.65. The highest BCUT2D eigenvalue weighted by molar-refractivity contribution is 5.92. The predicted octanol–water partition coefficient (Wildman–Crippen LogP) is 3.03.